The van der Waals surface area contributed by atoms with Gasteiger partial charge in [0.25, 0.3) is 0 Å². The minimum absolute atomic E-state index is 0.0395. The number of aromatic nitrogens is 4. The summed E-state index contributed by atoms with van der Waals surface area (Å²) < 4.78 is 78.9. The average Bonchev–Trinajstić information content (AvgIpc) is 3.26. The zero-order valence-corrected chi connectivity index (χ0v) is 23.1. The minimum Gasteiger partial charge on any atom is -0.465 e. The van der Waals surface area contributed by atoms with Gasteiger partial charge in [0.2, 0.25) is 5.91 Å². The Kier molecular flexibility index (Phi) is 8.87. The number of benzene rings is 2. The van der Waals surface area contributed by atoms with E-state index in [9.17, 15) is 22.8 Å². The molecule has 0 aliphatic carbocycles. The summed E-state index contributed by atoms with van der Waals surface area (Å²) in [5.74, 6) is -6.51. The maximum Gasteiger partial charge on any atom is 0.573 e. The summed E-state index contributed by atoms with van der Waals surface area (Å²) in [4.78, 5) is 38.8. The monoisotopic (exact) mass is 605 g/mol. The number of amides is 1. The second-order valence-corrected chi connectivity index (χ2v) is 9.32. The van der Waals surface area contributed by atoms with E-state index >= 15 is 8.78 Å². The molecule has 0 saturated carbocycles. The third-order valence-electron chi connectivity index (χ3n) is 5.83. The highest BCUT2D eigenvalue weighted by molar-refractivity contribution is 5.96. The molecule has 1 atom stereocenters. The van der Waals surface area contributed by atoms with Crippen LogP contribution in [-0.4, -0.2) is 69.9 Å². The molecule has 2 aromatic carbocycles. The van der Waals surface area contributed by atoms with Gasteiger partial charge >= 0.3 is 12.3 Å². The number of rotatable bonds is 9. The number of ether oxygens (including phenoxy) is 2. The molecule has 2 aromatic heterocycles. The fourth-order valence-electron chi connectivity index (χ4n) is 3.99. The van der Waals surface area contributed by atoms with Gasteiger partial charge in [0, 0.05) is 21.0 Å². The van der Waals surface area contributed by atoms with Crippen molar-refractivity contribution in [3.8, 4) is 11.4 Å². The van der Waals surface area contributed by atoms with Crippen LogP contribution in [-0.2, 0) is 14.3 Å². The van der Waals surface area contributed by atoms with Crippen molar-refractivity contribution in [3.63, 3.8) is 0 Å². The van der Waals surface area contributed by atoms with Crippen LogP contribution in [0.15, 0.2) is 47.7 Å². The number of nitrogens with zero attached hydrogens (tertiary/aromatic N) is 6. The van der Waals surface area contributed by atoms with Crippen molar-refractivity contribution in [2.24, 2.45) is 4.99 Å². The van der Waals surface area contributed by atoms with E-state index in [1.54, 1.807) is 25.9 Å². The lowest BCUT2D eigenvalue weighted by Gasteiger charge is -2.19. The molecule has 0 radical (unpaired) electrons. The summed E-state index contributed by atoms with van der Waals surface area (Å²) >= 11 is 0. The van der Waals surface area contributed by atoms with Crippen LogP contribution in [0.5, 0.6) is 5.75 Å². The maximum atomic E-state index is 15.5. The van der Waals surface area contributed by atoms with Crippen LogP contribution >= 0.6 is 0 Å². The number of aliphatic imine (C=N–C) groups is 1. The van der Waals surface area contributed by atoms with Crippen molar-refractivity contribution < 1.29 is 41.0 Å². The first-order valence-corrected chi connectivity index (χ1v) is 12.4. The van der Waals surface area contributed by atoms with Gasteiger partial charge < -0.3 is 19.7 Å². The number of carbonyl (C=O) groups is 2. The van der Waals surface area contributed by atoms with E-state index < -0.39 is 53.8 Å². The van der Waals surface area contributed by atoms with E-state index in [4.69, 9.17) is 4.74 Å². The first-order chi connectivity index (χ1) is 20.2. The lowest BCUT2D eigenvalue weighted by molar-refractivity contribution is -0.274. The Morgan fingerprint density at radius 2 is 1.88 bits per heavy atom. The molecular formula is C27H24F5N7O4. The summed E-state index contributed by atoms with van der Waals surface area (Å²) in [5.41, 5.74) is -0.0165. The van der Waals surface area contributed by atoms with E-state index in [1.807, 2.05) is 0 Å². The highest BCUT2D eigenvalue weighted by Gasteiger charge is 2.32. The van der Waals surface area contributed by atoms with Crippen molar-refractivity contribution in [2.75, 3.05) is 26.0 Å². The standard InChI is InChI=1S/C27H24F5N7O4/c1-14-23-24(25(34-12-33-23)35-13-38(3)4)39(37-14)20-9-8-19(21(28)22(20)29)36-26(41)18(11-42-15(2)40)16-6-5-7-17(10-16)43-27(30,31)32/h5-10,12-13,18H,11H2,1-4H3,(H,36,41). The summed E-state index contributed by atoms with van der Waals surface area (Å²) in [6, 6.07) is 6.65. The molecule has 1 unspecified atom stereocenters. The van der Waals surface area contributed by atoms with Gasteiger partial charge in [-0.3, -0.25) is 9.59 Å². The number of nitrogens with one attached hydrogen (secondary N) is 1. The number of hydrogen-bond donors (Lipinski definition) is 1. The number of alkyl halides is 3. The number of halogens is 5. The third kappa shape index (κ3) is 7.20. The van der Waals surface area contributed by atoms with Crippen molar-refractivity contribution in [1.29, 1.82) is 0 Å². The van der Waals surface area contributed by atoms with Crippen LogP contribution in [0.25, 0.3) is 16.7 Å². The van der Waals surface area contributed by atoms with Crippen LogP contribution in [0.1, 0.15) is 24.1 Å². The predicted octanol–water partition coefficient (Wildman–Crippen LogP) is 4.81. The first kappa shape index (κ1) is 30.8. The Morgan fingerprint density at radius 3 is 2.56 bits per heavy atom. The van der Waals surface area contributed by atoms with Crippen LogP contribution in [0.3, 0.4) is 0 Å². The van der Waals surface area contributed by atoms with E-state index in [-0.39, 0.29) is 22.6 Å². The van der Waals surface area contributed by atoms with Crippen LogP contribution in [0.4, 0.5) is 33.5 Å². The van der Waals surface area contributed by atoms with Gasteiger partial charge in [-0.25, -0.2) is 28.4 Å². The van der Waals surface area contributed by atoms with Gasteiger partial charge in [-0.15, -0.1) is 13.2 Å². The summed E-state index contributed by atoms with van der Waals surface area (Å²) in [6.45, 7) is 2.08. The Balaban J connectivity index is 1.69. The summed E-state index contributed by atoms with van der Waals surface area (Å²) in [5, 5.41) is 6.49. The van der Waals surface area contributed by atoms with Gasteiger partial charge in [0.1, 0.15) is 35.4 Å². The fourth-order valence-corrected chi connectivity index (χ4v) is 3.99. The lowest BCUT2D eigenvalue weighted by atomic mass is 9.98. The quantitative estimate of drug-likeness (QED) is 0.125. The minimum atomic E-state index is -5.00. The number of aryl methyl sites for hydroxylation is 1. The molecule has 0 spiro atoms. The van der Waals surface area contributed by atoms with Gasteiger partial charge in [-0.2, -0.15) is 5.10 Å². The molecule has 16 heteroatoms. The number of carbonyl (C=O) groups excluding carboxylic acids is 2. The van der Waals surface area contributed by atoms with Crippen molar-refractivity contribution >= 4 is 40.8 Å². The van der Waals surface area contributed by atoms with Crippen molar-refractivity contribution in [1.82, 2.24) is 24.6 Å². The fraction of sp³-hybridized carbons (Fsp3) is 0.259. The molecule has 0 fully saturated rings. The van der Waals surface area contributed by atoms with E-state index in [0.717, 1.165) is 35.9 Å². The molecule has 43 heavy (non-hydrogen) atoms. The Morgan fingerprint density at radius 1 is 1.14 bits per heavy atom. The largest absolute Gasteiger partial charge is 0.573 e. The smallest absolute Gasteiger partial charge is 0.465 e. The molecule has 0 saturated heterocycles. The number of esters is 1. The predicted molar refractivity (Wildman–Crippen MR) is 144 cm³/mol. The van der Waals surface area contributed by atoms with Crippen LogP contribution in [0, 0.1) is 18.6 Å². The Hall–Kier alpha value is -5.15. The molecule has 2 heterocycles. The maximum absolute atomic E-state index is 15.5. The highest BCUT2D eigenvalue weighted by atomic mass is 19.4. The SMILES string of the molecule is CC(=O)OCC(C(=O)Nc1ccc(-n2nc(C)c3ncnc(N=CN(C)C)c32)c(F)c1F)c1cccc(OC(F)(F)F)c1. The molecule has 0 aliphatic rings. The molecule has 1 N–H and O–H groups in total. The summed E-state index contributed by atoms with van der Waals surface area (Å²) in [6.07, 6.45) is -2.28. The third-order valence-corrected chi connectivity index (χ3v) is 5.83. The van der Waals surface area contributed by atoms with Gasteiger partial charge in [-0.1, -0.05) is 12.1 Å². The molecular weight excluding hydrogens is 581 g/mol. The Labute approximate surface area is 241 Å². The molecule has 4 aromatic rings. The molecule has 1 amide bonds. The van der Waals surface area contributed by atoms with Crippen LogP contribution in [0.2, 0.25) is 0 Å². The average molecular weight is 606 g/mol. The Bertz CT molecular complexity index is 1710. The van der Waals surface area contributed by atoms with Crippen molar-refractivity contribution in [3.05, 3.63) is 65.6 Å². The van der Waals surface area contributed by atoms with Crippen molar-refractivity contribution in [2.45, 2.75) is 26.1 Å². The molecule has 0 bridgehead atoms. The zero-order chi connectivity index (χ0) is 31.5. The number of fused-ring (bicyclic) bond motifs is 1. The van der Waals surface area contributed by atoms with Crippen LogP contribution < -0.4 is 10.1 Å². The van der Waals surface area contributed by atoms with Gasteiger partial charge in [0.05, 0.1) is 23.6 Å². The topological polar surface area (TPSA) is 124 Å². The van der Waals surface area contributed by atoms with E-state index in [1.165, 1.54) is 24.8 Å². The van der Waals surface area contributed by atoms with Gasteiger partial charge in [-0.05, 0) is 36.8 Å². The zero-order valence-electron chi connectivity index (χ0n) is 23.1. The summed E-state index contributed by atoms with van der Waals surface area (Å²) in [7, 11) is 3.46. The van der Waals surface area contributed by atoms with E-state index in [2.05, 4.69) is 30.1 Å². The normalized spacial score (nSPS) is 12.4. The second kappa shape index (κ2) is 12.4. The first-order valence-electron chi connectivity index (χ1n) is 12.4. The molecule has 0 aliphatic heterocycles. The number of hydrogen-bond acceptors (Lipinski definition) is 8. The molecule has 11 nitrogen and oxygen atoms in total. The van der Waals surface area contributed by atoms with Gasteiger partial charge in [0.15, 0.2) is 17.5 Å². The second-order valence-electron chi connectivity index (χ2n) is 9.32. The molecule has 4 rings (SSSR count). The lowest BCUT2D eigenvalue weighted by Crippen LogP contribution is -2.27. The highest BCUT2D eigenvalue weighted by Crippen LogP contribution is 2.32. The number of anilines is 1. The molecule has 226 valence electrons. The van der Waals surface area contributed by atoms with E-state index in [0.29, 0.717) is 11.2 Å².